The van der Waals surface area contributed by atoms with Crippen LogP contribution in [0.25, 0.3) is 0 Å². The second-order valence-electron chi connectivity index (χ2n) is 6.62. The average molecular weight is 370 g/mol. The molecular weight excluding hydrogens is 342 g/mol. The Morgan fingerprint density at radius 2 is 1.68 bits per heavy atom. The minimum absolute atomic E-state index is 0.00921. The molecule has 1 aromatic carbocycles. The fourth-order valence-corrected chi connectivity index (χ4v) is 2.32. The van der Waals surface area contributed by atoms with E-state index in [1.807, 2.05) is 45.0 Å². The van der Waals surface area contributed by atoms with E-state index in [1.165, 1.54) is 0 Å². The van der Waals surface area contributed by atoms with Crippen molar-refractivity contribution in [3.63, 3.8) is 0 Å². The van der Waals surface area contributed by atoms with Gasteiger partial charge in [-0.2, -0.15) is 0 Å². The van der Waals surface area contributed by atoms with E-state index < -0.39 is 12.1 Å². The molecule has 0 aliphatic carbocycles. The lowest BCUT2D eigenvalue weighted by Gasteiger charge is -2.25. The highest BCUT2D eigenvalue weighted by molar-refractivity contribution is 6.30. The van der Waals surface area contributed by atoms with Crippen LogP contribution in [0.3, 0.4) is 0 Å². The van der Waals surface area contributed by atoms with Crippen molar-refractivity contribution >= 4 is 29.3 Å². The number of carbonyl (C=O) groups is 2. The lowest BCUT2D eigenvalue weighted by Crippen LogP contribution is -2.53. The van der Waals surface area contributed by atoms with Gasteiger partial charge in [-0.25, -0.2) is 4.79 Å². The van der Waals surface area contributed by atoms with Crippen LogP contribution in [0.15, 0.2) is 24.3 Å². The van der Waals surface area contributed by atoms with Crippen molar-refractivity contribution in [3.8, 4) is 0 Å². The molecule has 2 atom stereocenters. The SMILES string of the molecule is CC(CNc1ccc(Cl)cc1)N[C@H](C(=O)NC(=O)OC(C)C)C(C)C. The van der Waals surface area contributed by atoms with Gasteiger partial charge in [0, 0.05) is 23.3 Å². The zero-order valence-electron chi connectivity index (χ0n) is 15.4. The minimum atomic E-state index is -0.723. The molecule has 0 aliphatic rings. The third-order valence-corrected chi connectivity index (χ3v) is 3.69. The Morgan fingerprint density at radius 1 is 1.08 bits per heavy atom. The molecule has 0 bridgehead atoms. The number of amides is 2. The molecule has 0 heterocycles. The van der Waals surface area contributed by atoms with Gasteiger partial charge >= 0.3 is 6.09 Å². The zero-order chi connectivity index (χ0) is 19.0. The van der Waals surface area contributed by atoms with Gasteiger partial charge in [-0.05, 0) is 51.0 Å². The Kier molecular flexibility index (Phi) is 8.72. The minimum Gasteiger partial charge on any atom is -0.447 e. The van der Waals surface area contributed by atoms with Crippen LogP contribution in [-0.2, 0) is 9.53 Å². The van der Waals surface area contributed by atoms with Gasteiger partial charge < -0.3 is 15.4 Å². The van der Waals surface area contributed by atoms with Crippen molar-refractivity contribution in [1.82, 2.24) is 10.6 Å². The molecule has 0 saturated carbocycles. The topological polar surface area (TPSA) is 79.5 Å². The Balaban J connectivity index is 2.53. The van der Waals surface area contributed by atoms with Crippen molar-refractivity contribution in [2.24, 2.45) is 5.92 Å². The van der Waals surface area contributed by atoms with Crippen molar-refractivity contribution in [2.45, 2.75) is 52.8 Å². The molecule has 25 heavy (non-hydrogen) atoms. The first kappa shape index (κ1) is 21.3. The van der Waals surface area contributed by atoms with Crippen LogP contribution in [-0.4, -0.2) is 36.7 Å². The Labute approximate surface area is 154 Å². The highest BCUT2D eigenvalue weighted by atomic mass is 35.5. The molecular formula is C18H28ClN3O3. The van der Waals surface area contributed by atoms with Crippen molar-refractivity contribution < 1.29 is 14.3 Å². The van der Waals surface area contributed by atoms with E-state index in [4.69, 9.17) is 16.3 Å². The highest BCUT2D eigenvalue weighted by Gasteiger charge is 2.25. The van der Waals surface area contributed by atoms with E-state index in [0.29, 0.717) is 11.6 Å². The summed E-state index contributed by atoms with van der Waals surface area (Å²) < 4.78 is 4.95. The summed E-state index contributed by atoms with van der Waals surface area (Å²) in [6, 6.07) is 6.92. The summed E-state index contributed by atoms with van der Waals surface area (Å²) in [7, 11) is 0. The lowest BCUT2D eigenvalue weighted by atomic mass is 10.0. The van der Waals surface area contributed by atoms with Gasteiger partial charge in [-0.3, -0.25) is 10.1 Å². The number of halogens is 1. The highest BCUT2D eigenvalue weighted by Crippen LogP contribution is 2.13. The number of alkyl carbamates (subject to hydrolysis) is 1. The fourth-order valence-electron chi connectivity index (χ4n) is 2.20. The van der Waals surface area contributed by atoms with Crippen molar-refractivity contribution in [1.29, 1.82) is 0 Å². The van der Waals surface area contributed by atoms with Gasteiger partial charge in [0.05, 0.1) is 12.1 Å². The van der Waals surface area contributed by atoms with E-state index in [-0.39, 0.29) is 24.0 Å². The number of carbonyl (C=O) groups excluding carboxylic acids is 2. The first-order valence-corrected chi connectivity index (χ1v) is 8.83. The molecule has 0 spiro atoms. The van der Waals surface area contributed by atoms with Crippen LogP contribution >= 0.6 is 11.6 Å². The normalized spacial score (nSPS) is 13.4. The number of benzene rings is 1. The molecule has 1 rings (SSSR count). The maximum absolute atomic E-state index is 12.3. The molecule has 0 radical (unpaired) electrons. The molecule has 0 saturated heterocycles. The van der Waals surface area contributed by atoms with Gasteiger partial charge in [-0.15, -0.1) is 0 Å². The van der Waals surface area contributed by atoms with Crippen molar-refractivity contribution in [3.05, 3.63) is 29.3 Å². The van der Waals surface area contributed by atoms with E-state index in [1.54, 1.807) is 13.8 Å². The molecule has 7 heteroatoms. The second kappa shape index (κ2) is 10.3. The van der Waals surface area contributed by atoms with Crippen molar-refractivity contribution in [2.75, 3.05) is 11.9 Å². The summed E-state index contributed by atoms with van der Waals surface area (Å²) in [6.45, 7) is 9.89. The number of hydrogen-bond donors (Lipinski definition) is 3. The molecule has 1 unspecified atom stereocenters. The summed E-state index contributed by atoms with van der Waals surface area (Å²) in [5.41, 5.74) is 0.948. The smallest absolute Gasteiger partial charge is 0.414 e. The summed E-state index contributed by atoms with van der Waals surface area (Å²) in [4.78, 5) is 23.9. The monoisotopic (exact) mass is 369 g/mol. The van der Waals surface area contributed by atoms with E-state index in [9.17, 15) is 9.59 Å². The van der Waals surface area contributed by atoms with Crippen LogP contribution in [0.2, 0.25) is 5.02 Å². The molecule has 3 N–H and O–H groups in total. The molecule has 0 aliphatic heterocycles. The fraction of sp³-hybridized carbons (Fsp3) is 0.556. The predicted octanol–water partition coefficient (Wildman–Crippen LogP) is 3.42. The predicted molar refractivity (Wildman–Crippen MR) is 101 cm³/mol. The maximum Gasteiger partial charge on any atom is 0.414 e. The van der Waals surface area contributed by atoms with Gasteiger partial charge in [0.1, 0.15) is 0 Å². The number of anilines is 1. The number of ether oxygens (including phenoxy) is 1. The van der Waals surface area contributed by atoms with Crippen LogP contribution < -0.4 is 16.0 Å². The van der Waals surface area contributed by atoms with E-state index >= 15 is 0 Å². The largest absolute Gasteiger partial charge is 0.447 e. The Bertz CT molecular complexity index is 561. The first-order chi connectivity index (χ1) is 11.7. The Hall–Kier alpha value is -1.79. The average Bonchev–Trinajstić information content (AvgIpc) is 2.50. The lowest BCUT2D eigenvalue weighted by molar-refractivity contribution is -0.123. The molecule has 0 aromatic heterocycles. The van der Waals surface area contributed by atoms with Crippen LogP contribution in [0.5, 0.6) is 0 Å². The summed E-state index contributed by atoms with van der Waals surface area (Å²) in [5.74, 6) is -0.371. The standard InChI is InChI=1S/C18H28ClN3O3/c1-11(2)16(17(23)22-18(24)25-12(3)4)21-13(5)10-20-15-8-6-14(19)7-9-15/h6-9,11-13,16,20-21H,10H2,1-5H3,(H,22,23,24)/t13?,16-/m0/s1. The van der Waals surface area contributed by atoms with Crippen LogP contribution in [0.1, 0.15) is 34.6 Å². The third kappa shape index (κ3) is 8.23. The zero-order valence-corrected chi connectivity index (χ0v) is 16.2. The van der Waals surface area contributed by atoms with E-state index in [0.717, 1.165) is 5.69 Å². The van der Waals surface area contributed by atoms with Gasteiger partial charge in [0.25, 0.3) is 0 Å². The number of rotatable bonds is 8. The molecule has 6 nitrogen and oxygen atoms in total. The number of nitrogens with one attached hydrogen (secondary N) is 3. The number of hydrogen-bond acceptors (Lipinski definition) is 5. The second-order valence-corrected chi connectivity index (χ2v) is 7.06. The molecule has 2 amide bonds. The molecule has 0 fully saturated rings. The molecule has 1 aromatic rings. The summed E-state index contributed by atoms with van der Waals surface area (Å²) in [5, 5.41) is 9.49. The summed E-state index contributed by atoms with van der Waals surface area (Å²) >= 11 is 5.86. The number of imide groups is 1. The first-order valence-electron chi connectivity index (χ1n) is 8.46. The van der Waals surface area contributed by atoms with Gasteiger partial charge in [-0.1, -0.05) is 25.4 Å². The maximum atomic E-state index is 12.3. The molecule has 140 valence electrons. The third-order valence-electron chi connectivity index (χ3n) is 3.44. The van der Waals surface area contributed by atoms with E-state index in [2.05, 4.69) is 16.0 Å². The quantitative estimate of drug-likeness (QED) is 0.654. The van der Waals surface area contributed by atoms with Gasteiger partial charge in [0.2, 0.25) is 5.91 Å². The summed E-state index contributed by atoms with van der Waals surface area (Å²) in [6.07, 6.45) is -1.000. The van der Waals surface area contributed by atoms with Crippen LogP contribution in [0.4, 0.5) is 10.5 Å². The van der Waals surface area contributed by atoms with Crippen LogP contribution in [0, 0.1) is 5.92 Å². The Morgan fingerprint density at radius 3 is 2.20 bits per heavy atom. The van der Waals surface area contributed by atoms with Gasteiger partial charge in [0.15, 0.2) is 0 Å².